The van der Waals surface area contributed by atoms with Crippen LogP contribution >= 0.6 is 0 Å². The van der Waals surface area contributed by atoms with Gasteiger partial charge < -0.3 is 68.2 Å². The van der Waals surface area contributed by atoms with E-state index in [-0.39, 0.29) is 57.9 Å². The van der Waals surface area contributed by atoms with E-state index in [0.717, 1.165) is 6.07 Å². The number of phenols is 4. The average Bonchev–Trinajstić information content (AvgIpc) is 2.77. The van der Waals surface area contributed by atoms with Crippen molar-refractivity contribution >= 4 is 11.0 Å². The van der Waals surface area contributed by atoms with Crippen LogP contribution in [-0.2, 0) is 4.74 Å². The lowest BCUT2D eigenvalue weighted by molar-refractivity contribution is -0.286. The van der Waals surface area contributed by atoms with Crippen LogP contribution in [-0.4, -0.2) is 88.4 Å². The van der Waals surface area contributed by atoms with Gasteiger partial charge in [0.25, 0.3) is 0 Å². The van der Waals surface area contributed by atoms with Gasteiger partial charge in [-0.05, 0) is 12.1 Å². The van der Waals surface area contributed by atoms with Crippen LogP contribution in [0.25, 0.3) is 22.3 Å². The van der Waals surface area contributed by atoms with Gasteiger partial charge in [0.1, 0.15) is 41.3 Å². The van der Waals surface area contributed by atoms with Crippen LogP contribution in [0.1, 0.15) is 0 Å². The second-order valence-corrected chi connectivity index (χ2v) is 7.26. The van der Waals surface area contributed by atoms with Crippen molar-refractivity contribution in [1.29, 1.82) is 0 Å². The molecule has 3 aromatic rings. The summed E-state index contributed by atoms with van der Waals surface area (Å²) in [5.74, 6) is -1.30. The molecule has 10 N–H and O–H groups in total. The molecule has 34 heavy (non-hydrogen) atoms. The summed E-state index contributed by atoms with van der Waals surface area (Å²) in [5.41, 5.74) is 0.486. The minimum Gasteiger partial charge on any atom is -1.00 e. The largest absolute Gasteiger partial charge is 1.00 e. The Labute approximate surface area is 197 Å². The smallest absolute Gasteiger partial charge is 0.402 e. The highest BCUT2D eigenvalue weighted by molar-refractivity contribution is 5.88. The predicted molar refractivity (Wildman–Crippen MR) is 110 cm³/mol. The van der Waals surface area contributed by atoms with Gasteiger partial charge >= 0.3 is 11.3 Å². The molecule has 5 atom stereocenters. The molecule has 186 valence electrons. The molecule has 0 amide bonds. The molecule has 0 spiro atoms. The number of fused-ring (bicyclic) bond motifs is 1. The molecule has 0 saturated carbocycles. The first-order valence-electron chi connectivity index (χ1n) is 9.56. The number of halogens is 1. The summed E-state index contributed by atoms with van der Waals surface area (Å²) < 4.78 is 10.0. The zero-order valence-electron chi connectivity index (χ0n) is 17.2. The van der Waals surface area contributed by atoms with Crippen molar-refractivity contribution in [2.24, 2.45) is 0 Å². The molecule has 13 heteroatoms. The van der Waals surface area contributed by atoms with Crippen LogP contribution in [0.3, 0.4) is 0 Å². The van der Waals surface area contributed by atoms with E-state index in [1.54, 1.807) is 0 Å². The Balaban J connectivity index is 0.000000270. The van der Waals surface area contributed by atoms with E-state index in [1.807, 2.05) is 0 Å². The SMILES string of the molecule is OC[C@H]1OC(O)[C@H](O)[C@@H](O)[C@@H]1O.Oc1cc(O)c2cc(O)c(-c3ccc(O)c(O)c3)[o+]c2c1.[Cl-]. The van der Waals surface area contributed by atoms with Crippen molar-refractivity contribution in [3.8, 4) is 40.1 Å². The molecule has 1 saturated heterocycles. The fourth-order valence-corrected chi connectivity index (χ4v) is 3.15. The van der Waals surface area contributed by atoms with Crippen molar-refractivity contribution in [3.63, 3.8) is 0 Å². The number of aliphatic hydroxyl groups excluding tert-OH is 5. The van der Waals surface area contributed by atoms with Gasteiger partial charge in [0.15, 0.2) is 17.8 Å². The van der Waals surface area contributed by atoms with E-state index < -0.39 is 37.3 Å². The predicted octanol–water partition coefficient (Wildman–Crippen LogP) is -3.31. The van der Waals surface area contributed by atoms with Gasteiger partial charge in [-0.15, -0.1) is 0 Å². The van der Waals surface area contributed by atoms with Crippen LogP contribution in [0.5, 0.6) is 28.7 Å². The summed E-state index contributed by atoms with van der Waals surface area (Å²) in [6, 6.07) is 7.63. The molecule has 0 bridgehead atoms. The second-order valence-electron chi connectivity index (χ2n) is 7.26. The van der Waals surface area contributed by atoms with Gasteiger partial charge in [0, 0.05) is 18.2 Å². The summed E-state index contributed by atoms with van der Waals surface area (Å²) >= 11 is 0. The van der Waals surface area contributed by atoms with Gasteiger partial charge in [-0.3, -0.25) is 0 Å². The number of hydrogen-bond acceptors (Lipinski definition) is 11. The summed E-state index contributed by atoms with van der Waals surface area (Å²) in [6.45, 7) is -0.526. The summed E-state index contributed by atoms with van der Waals surface area (Å²) in [5, 5.41) is 92.9. The van der Waals surface area contributed by atoms with Gasteiger partial charge in [0.05, 0.1) is 18.2 Å². The first kappa shape index (κ1) is 27.1. The summed E-state index contributed by atoms with van der Waals surface area (Å²) in [6.07, 6.45) is -7.04. The Kier molecular flexibility index (Phi) is 8.69. The van der Waals surface area contributed by atoms with Crippen LogP contribution in [0, 0.1) is 0 Å². The van der Waals surface area contributed by atoms with E-state index in [1.165, 1.54) is 30.3 Å². The molecule has 4 rings (SSSR count). The van der Waals surface area contributed by atoms with Crippen LogP contribution in [0.15, 0.2) is 40.8 Å². The number of phenolic OH excluding ortho intramolecular Hbond substituents is 4. The lowest BCUT2D eigenvalue weighted by atomic mass is 10.00. The monoisotopic (exact) mass is 502 g/mol. The third kappa shape index (κ3) is 5.51. The van der Waals surface area contributed by atoms with Crippen molar-refractivity contribution < 1.29 is 72.6 Å². The number of aliphatic hydroxyl groups is 5. The van der Waals surface area contributed by atoms with Gasteiger partial charge in [-0.25, -0.2) is 4.42 Å². The minimum atomic E-state index is -1.57. The van der Waals surface area contributed by atoms with Crippen molar-refractivity contribution in [3.05, 3.63) is 36.4 Å². The zero-order valence-corrected chi connectivity index (χ0v) is 18.0. The summed E-state index contributed by atoms with van der Waals surface area (Å²) in [7, 11) is 0. The highest BCUT2D eigenvalue weighted by atomic mass is 35.5. The number of ether oxygens (including phenoxy) is 1. The molecule has 1 aliphatic rings. The Morgan fingerprint density at radius 2 is 1.41 bits per heavy atom. The fraction of sp³-hybridized carbons (Fsp3) is 0.286. The summed E-state index contributed by atoms with van der Waals surface area (Å²) in [4.78, 5) is 0. The van der Waals surface area contributed by atoms with Crippen molar-refractivity contribution in [1.82, 2.24) is 0 Å². The molecular weight excluding hydrogens is 480 g/mol. The third-order valence-electron chi connectivity index (χ3n) is 4.94. The maximum atomic E-state index is 10.0. The molecule has 1 aliphatic heterocycles. The standard InChI is InChI=1S/C15H10O6.C6H12O6.ClH/c16-8-4-11(18)9-6-13(20)15(21-14(9)5-8)7-1-2-10(17)12(19)3-7;7-1-2-3(8)4(9)5(10)6(11)12-2;/h1-6H,(H4-,16,17,18,19,20);2-11H,1H2;1H/t;2-,3-,4+,5-,6?;/m.1./s1. The number of aromatic hydroxyl groups is 5. The first-order valence-corrected chi connectivity index (χ1v) is 9.56. The quantitative estimate of drug-likeness (QED) is 0.123. The molecular formula is C21H23ClO12. The molecule has 1 unspecified atom stereocenters. The lowest BCUT2D eigenvalue weighted by Crippen LogP contribution is -3.00. The van der Waals surface area contributed by atoms with Gasteiger partial charge in [-0.1, -0.05) is 0 Å². The maximum absolute atomic E-state index is 10.0. The van der Waals surface area contributed by atoms with Crippen LogP contribution in [0.4, 0.5) is 0 Å². The topological polar surface area (TPSA) is 223 Å². The van der Waals surface area contributed by atoms with E-state index in [4.69, 9.17) is 29.9 Å². The molecule has 2 aromatic carbocycles. The second kappa shape index (κ2) is 10.9. The van der Waals surface area contributed by atoms with E-state index in [2.05, 4.69) is 4.74 Å². The van der Waals surface area contributed by atoms with Gasteiger partial charge in [0.2, 0.25) is 5.75 Å². The lowest BCUT2D eigenvalue weighted by Gasteiger charge is -2.37. The zero-order chi connectivity index (χ0) is 24.4. The van der Waals surface area contributed by atoms with E-state index in [0.29, 0.717) is 5.56 Å². The Morgan fingerprint density at radius 1 is 0.735 bits per heavy atom. The molecule has 0 aliphatic carbocycles. The molecule has 12 nitrogen and oxygen atoms in total. The van der Waals surface area contributed by atoms with Crippen LogP contribution < -0.4 is 12.4 Å². The molecule has 1 aromatic heterocycles. The molecule has 1 fully saturated rings. The number of benzene rings is 2. The van der Waals surface area contributed by atoms with E-state index >= 15 is 0 Å². The van der Waals surface area contributed by atoms with Gasteiger partial charge in [-0.2, -0.15) is 0 Å². The third-order valence-corrected chi connectivity index (χ3v) is 4.94. The normalized spacial score (nSPS) is 24.1. The Morgan fingerprint density at radius 3 is 2.03 bits per heavy atom. The highest BCUT2D eigenvalue weighted by Crippen LogP contribution is 2.40. The first-order chi connectivity index (χ1) is 15.5. The maximum Gasteiger partial charge on any atom is 0.402 e. The minimum absolute atomic E-state index is 0. The Hall–Kier alpha value is -3.10. The van der Waals surface area contributed by atoms with E-state index in [9.17, 15) is 25.5 Å². The Bertz CT molecular complexity index is 1140. The van der Waals surface area contributed by atoms with Crippen LogP contribution in [0.2, 0.25) is 0 Å². The van der Waals surface area contributed by atoms with Crippen molar-refractivity contribution in [2.45, 2.75) is 30.7 Å². The average molecular weight is 503 g/mol. The number of hydrogen-bond donors (Lipinski definition) is 10. The number of rotatable bonds is 2. The highest BCUT2D eigenvalue weighted by Gasteiger charge is 2.42. The molecule has 0 radical (unpaired) electrons. The molecule has 2 heterocycles. The fourth-order valence-electron chi connectivity index (χ4n) is 3.15. The van der Waals surface area contributed by atoms with Crippen molar-refractivity contribution in [2.75, 3.05) is 6.61 Å².